The number of β-amino-alcohol motifs (C(OH)–C–C–N with tert-alkyl or cyclic N) is 1. The zero-order valence-corrected chi connectivity index (χ0v) is 41.9. The summed E-state index contributed by atoms with van der Waals surface area (Å²) < 4.78 is 28.3. The lowest BCUT2D eigenvalue weighted by Crippen LogP contribution is -2.55. The minimum Gasteiger partial charge on any atom is -0.508 e. The predicted molar refractivity (Wildman–Crippen MR) is 263 cm³/mol. The standard InChI is InChI=1S/C53H76N4O11S/c1-34(2)49(52(63)57-31-41(59)29-45(57)51(62)54-30-36-8-10-37(11-9-36)50-35(3)55-33-69-50)56-47(61)32-68-26-25-67-24-23-66-22-21-65-20-19-64-18-6-5-7-38-27-39-28-40(58)12-13-42(39)43-16-17-53(4)44(48(38)43)14-15-46(53)60/h8-13,28,33-34,38,41,43-46,48-49,58-60H,5-7,14-27,29-32H2,1-4H3,(H,54,62)(H,56,61). The second kappa shape index (κ2) is 25.4. The van der Waals surface area contributed by atoms with Gasteiger partial charge in [-0.25, -0.2) is 4.98 Å². The molecule has 1 saturated heterocycles. The highest BCUT2D eigenvalue weighted by atomic mass is 32.1. The first-order valence-corrected chi connectivity index (χ1v) is 26.2. The van der Waals surface area contributed by atoms with Crippen molar-refractivity contribution in [3.8, 4) is 16.2 Å². The number of ether oxygens (including phenoxy) is 5. The Morgan fingerprint density at radius 3 is 2.23 bits per heavy atom. The van der Waals surface area contributed by atoms with Crippen LogP contribution in [0.15, 0.2) is 48.0 Å². The number of hydrogen-bond donors (Lipinski definition) is 5. The number of likely N-dealkylation sites (tertiary alicyclic amines) is 1. The average molecular weight is 977 g/mol. The van der Waals surface area contributed by atoms with Gasteiger partial charge in [0.1, 0.15) is 24.4 Å². The monoisotopic (exact) mass is 977 g/mol. The highest BCUT2D eigenvalue weighted by Crippen LogP contribution is 2.62. The molecule has 4 aliphatic rings. The summed E-state index contributed by atoms with van der Waals surface area (Å²) in [4.78, 5) is 46.7. The molecular weight excluding hydrogens is 901 g/mol. The lowest BCUT2D eigenvalue weighted by molar-refractivity contribution is -0.143. The number of phenols is 1. The van der Waals surface area contributed by atoms with E-state index in [2.05, 4.69) is 28.6 Å². The second-order valence-electron chi connectivity index (χ2n) is 20.1. The van der Waals surface area contributed by atoms with Crippen LogP contribution in [0.1, 0.15) is 100 Å². The molecule has 16 heteroatoms. The summed E-state index contributed by atoms with van der Waals surface area (Å²) in [5, 5.41) is 37.4. The molecule has 3 aliphatic carbocycles. The summed E-state index contributed by atoms with van der Waals surface area (Å²) in [6, 6.07) is 12.1. The maximum atomic E-state index is 13.7. The Morgan fingerprint density at radius 1 is 0.884 bits per heavy atom. The zero-order chi connectivity index (χ0) is 48.9. The van der Waals surface area contributed by atoms with Gasteiger partial charge in [0.25, 0.3) is 0 Å². The van der Waals surface area contributed by atoms with Crippen LogP contribution in [0.5, 0.6) is 5.75 Å². The number of amides is 3. The first-order chi connectivity index (χ1) is 33.3. The molecule has 2 aromatic carbocycles. The number of unbranched alkanes of at least 4 members (excludes halogenated alkanes) is 1. The molecule has 1 aliphatic heterocycles. The van der Waals surface area contributed by atoms with Crippen molar-refractivity contribution in [3.63, 3.8) is 0 Å². The smallest absolute Gasteiger partial charge is 0.246 e. The van der Waals surface area contributed by atoms with E-state index in [1.54, 1.807) is 11.3 Å². The molecule has 69 heavy (non-hydrogen) atoms. The van der Waals surface area contributed by atoms with E-state index in [1.165, 1.54) is 16.0 Å². The summed E-state index contributed by atoms with van der Waals surface area (Å²) in [5.74, 6) is 1.04. The summed E-state index contributed by atoms with van der Waals surface area (Å²) in [6.45, 7) is 11.7. The Hall–Kier alpha value is -4.00. The molecular formula is C53H76N4O11S. The number of carbonyl (C=O) groups is 3. The number of phenolic OH excluding ortho intramolecular Hbond substituents is 1. The third-order valence-corrected chi connectivity index (χ3v) is 16.2. The number of aliphatic hydroxyl groups is 2. The maximum absolute atomic E-state index is 13.7. The molecule has 3 aromatic rings. The molecule has 3 amide bonds. The number of aliphatic hydroxyl groups excluding tert-OH is 2. The number of aromatic nitrogens is 1. The topological polar surface area (TPSA) is 198 Å². The van der Waals surface area contributed by atoms with Crippen LogP contribution in [0.2, 0.25) is 0 Å². The number of thiazole rings is 1. The number of benzene rings is 2. The number of rotatable bonds is 26. The summed E-state index contributed by atoms with van der Waals surface area (Å²) in [7, 11) is 0. The third-order valence-electron chi connectivity index (χ3n) is 15.2. The molecule has 380 valence electrons. The molecule has 7 rings (SSSR count). The summed E-state index contributed by atoms with van der Waals surface area (Å²) >= 11 is 1.58. The number of hydrogen-bond acceptors (Lipinski definition) is 13. The number of aromatic hydroxyl groups is 1. The Kier molecular flexibility index (Phi) is 19.4. The first kappa shape index (κ1) is 52.8. The summed E-state index contributed by atoms with van der Waals surface area (Å²) in [6.07, 6.45) is 7.51. The van der Waals surface area contributed by atoms with Gasteiger partial charge in [-0.2, -0.15) is 0 Å². The number of fused-ring (bicyclic) bond motifs is 5. The highest BCUT2D eigenvalue weighted by molar-refractivity contribution is 7.13. The van der Waals surface area contributed by atoms with Crippen LogP contribution in [-0.2, 0) is 51.0 Å². The molecule has 1 aromatic heterocycles. The number of aryl methyl sites for hydroxylation is 1. The molecule has 5 N–H and O–H groups in total. The maximum Gasteiger partial charge on any atom is 0.246 e. The molecule has 2 saturated carbocycles. The van der Waals surface area contributed by atoms with Crippen molar-refractivity contribution in [1.82, 2.24) is 20.5 Å². The minimum atomic E-state index is -0.902. The molecule has 0 bridgehead atoms. The molecule has 2 heterocycles. The van der Waals surface area contributed by atoms with Crippen molar-refractivity contribution in [3.05, 3.63) is 70.4 Å². The zero-order valence-electron chi connectivity index (χ0n) is 41.1. The molecule has 0 radical (unpaired) electrons. The Morgan fingerprint density at radius 2 is 1.57 bits per heavy atom. The van der Waals surface area contributed by atoms with E-state index < -0.39 is 30.0 Å². The van der Waals surface area contributed by atoms with Gasteiger partial charge in [-0.1, -0.05) is 57.5 Å². The number of carbonyl (C=O) groups excluding carboxylic acids is 3. The van der Waals surface area contributed by atoms with Crippen LogP contribution in [0.4, 0.5) is 0 Å². The van der Waals surface area contributed by atoms with Gasteiger partial charge in [0, 0.05) is 26.1 Å². The fourth-order valence-corrected chi connectivity index (χ4v) is 12.4. The van der Waals surface area contributed by atoms with Gasteiger partial charge in [-0.3, -0.25) is 14.4 Å². The SMILES string of the molecule is Cc1ncsc1-c1ccc(CNC(=O)C2CC(O)CN2C(=O)C(NC(=O)COCCOCCOCCOCCOCCCCC2Cc3cc(O)ccc3C3CCC4(C)C(O)CCC4C23)C(C)C)cc1. The second-order valence-corrected chi connectivity index (χ2v) is 21.0. The van der Waals surface area contributed by atoms with Gasteiger partial charge >= 0.3 is 0 Å². The number of nitrogens with zero attached hydrogens (tertiary/aromatic N) is 2. The molecule has 9 unspecified atom stereocenters. The average Bonchev–Trinajstić information content (AvgIpc) is 4.04. The van der Waals surface area contributed by atoms with Crippen LogP contribution >= 0.6 is 11.3 Å². The highest BCUT2D eigenvalue weighted by Gasteiger charge is 2.56. The van der Waals surface area contributed by atoms with Crippen molar-refractivity contribution < 1.29 is 53.4 Å². The lowest BCUT2D eigenvalue weighted by atomic mass is 9.52. The molecule has 9 atom stereocenters. The van der Waals surface area contributed by atoms with E-state index in [1.807, 2.05) is 62.7 Å². The third kappa shape index (κ3) is 13.7. The van der Waals surface area contributed by atoms with Crippen LogP contribution in [0.25, 0.3) is 10.4 Å². The molecule has 0 spiro atoms. The molecule has 3 fully saturated rings. The van der Waals surface area contributed by atoms with Crippen molar-refractivity contribution >= 4 is 29.1 Å². The van der Waals surface area contributed by atoms with Crippen LogP contribution < -0.4 is 10.6 Å². The fourth-order valence-electron chi connectivity index (χ4n) is 11.6. The molecule has 15 nitrogen and oxygen atoms in total. The first-order valence-electron chi connectivity index (χ1n) is 25.3. The largest absolute Gasteiger partial charge is 0.508 e. The van der Waals surface area contributed by atoms with E-state index in [-0.39, 0.29) is 62.7 Å². The van der Waals surface area contributed by atoms with Crippen molar-refractivity contribution in [1.29, 1.82) is 0 Å². The van der Waals surface area contributed by atoms with Crippen molar-refractivity contribution in [2.45, 2.75) is 122 Å². The van der Waals surface area contributed by atoms with Gasteiger partial charge in [-0.05, 0) is 121 Å². The quantitative estimate of drug-likeness (QED) is 0.0595. The van der Waals surface area contributed by atoms with E-state index in [0.717, 1.165) is 73.1 Å². The summed E-state index contributed by atoms with van der Waals surface area (Å²) in [5.41, 5.74) is 7.50. The fraction of sp³-hybridized carbons (Fsp3) is 0.660. The normalized spacial score (nSPS) is 25.6. The number of nitrogens with one attached hydrogen (secondary N) is 2. The van der Waals surface area contributed by atoms with Crippen molar-refractivity contribution in [2.75, 3.05) is 72.6 Å². The van der Waals surface area contributed by atoms with Gasteiger partial charge in [0.15, 0.2) is 0 Å². The van der Waals surface area contributed by atoms with Gasteiger partial charge in [0.05, 0.1) is 81.1 Å². The van der Waals surface area contributed by atoms with Gasteiger partial charge in [-0.15, -0.1) is 11.3 Å². The van der Waals surface area contributed by atoms with E-state index in [9.17, 15) is 29.7 Å². The predicted octanol–water partition coefficient (Wildman–Crippen LogP) is 5.94. The van der Waals surface area contributed by atoms with Gasteiger partial charge in [0.2, 0.25) is 17.7 Å². The van der Waals surface area contributed by atoms with Crippen LogP contribution in [-0.4, -0.2) is 140 Å². The Balaban J connectivity index is 0.689. The minimum absolute atomic E-state index is 0.000812. The lowest BCUT2D eigenvalue weighted by Gasteiger charge is -2.53. The Labute approximate surface area is 412 Å². The van der Waals surface area contributed by atoms with Crippen molar-refractivity contribution in [2.24, 2.45) is 29.1 Å². The van der Waals surface area contributed by atoms with Gasteiger partial charge < -0.3 is 54.5 Å². The van der Waals surface area contributed by atoms with E-state index in [4.69, 9.17) is 23.7 Å². The Bertz CT molecular complexity index is 2120. The van der Waals surface area contributed by atoms with E-state index in [0.29, 0.717) is 75.7 Å². The van der Waals surface area contributed by atoms with Crippen LogP contribution in [0, 0.1) is 36.0 Å². The van der Waals surface area contributed by atoms with Crippen LogP contribution in [0.3, 0.4) is 0 Å². The van der Waals surface area contributed by atoms with E-state index >= 15 is 0 Å².